The van der Waals surface area contributed by atoms with E-state index in [4.69, 9.17) is 0 Å². The first kappa shape index (κ1) is 23.5. The quantitative estimate of drug-likeness (QED) is 0.586. The average molecular weight is 438 g/mol. The van der Waals surface area contributed by atoms with Gasteiger partial charge in [-0.2, -0.15) is 4.31 Å². The van der Waals surface area contributed by atoms with Crippen LogP contribution in [0.25, 0.3) is 0 Å². The third-order valence-electron chi connectivity index (χ3n) is 4.91. The number of sulfonamides is 1. The number of nitrogens with one attached hydrogen (secondary N) is 1. The lowest BCUT2D eigenvalue weighted by Crippen LogP contribution is -2.30. The second-order valence-corrected chi connectivity index (χ2v) is 10.5. The number of hydrogen-bond acceptors (Lipinski definition) is 4. The van der Waals surface area contributed by atoms with Gasteiger partial charge in [-0.1, -0.05) is 27.7 Å². The number of benzene rings is 1. The molecule has 1 atom stereocenters. The summed E-state index contributed by atoms with van der Waals surface area (Å²) in [7, 11) is -1.93. The molecule has 0 saturated carbocycles. The van der Waals surface area contributed by atoms with Gasteiger partial charge < -0.3 is 9.88 Å². The van der Waals surface area contributed by atoms with Crippen LogP contribution in [-0.2, 0) is 17.1 Å². The van der Waals surface area contributed by atoms with E-state index in [9.17, 15) is 13.2 Å². The molecule has 0 aliphatic rings. The van der Waals surface area contributed by atoms with Gasteiger partial charge in [-0.15, -0.1) is 11.8 Å². The zero-order valence-electron chi connectivity index (χ0n) is 18.0. The number of nitrogens with zero attached hydrogens (tertiary/aromatic N) is 2. The molecule has 1 heterocycles. The molecule has 0 bridgehead atoms. The molecule has 0 fully saturated rings. The molecule has 8 heteroatoms. The number of amides is 1. The van der Waals surface area contributed by atoms with Gasteiger partial charge in [0, 0.05) is 42.2 Å². The van der Waals surface area contributed by atoms with E-state index in [-0.39, 0.29) is 10.8 Å². The number of hydrogen-bond donors (Lipinski definition) is 1. The first-order chi connectivity index (χ1) is 13.6. The predicted octanol–water partition coefficient (Wildman–Crippen LogP) is 4.51. The molecule has 2 aromatic rings. The number of thioether (sulfide) groups is 1. The van der Waals surface area contributed by atoms with Crippen LogP contribution in [-0.4, -0.2) is 41.5 Å². The number of aryl methyl sites for hydroxylation is 2. The molecule has 1 unspecified atom stereocenters. The van der Waals surface area contributed by atoms with Gasteiger partial charge in [0.2, 0.25) is 10.0 Å². The Bertz CT molecular complexity index is 964. The van der Waals surface area contributed by atoms with Crippen molar-refractivity contribution in [1.82, 2.24) is 8.87 Å². The van der Waals surface area contributed by atoms with Crippen molar-refractivity contribution >= 4 is 33.4 Å². The molecule has 0 saturated heterocycles. The van der Waals surface area contributed by atoms with Crippen molar-refractivity contribution in [3.63, 3.8) is 0 Å². The van der Waals surface area contributed by atoms with Crippen molar-refractivity contribution in [3.8, 4) is 0 Å². The normalized spacial score (nSPS) is 12.9. The molecule has 6 nitrogen and oxygen atoms in total. The van der Waals surface area contributed by atoms with Crippen molar-refractivity contribution < 1.29 is 13.2 Å². The zero-order valence-corrected chi connectivity index (χ0v) is 19.7. The van der Waals surface area contributed by atoms with Crippen LogP contribution in [0.4, 0.5) is 5.69 Å². The van der Waals surface area contributed by atoms with Crippen LogP contribution < -0.4 is 5.32 Å². The summed E-state index contributed by atoms with van der Waals surface area (Å²) >= 11 is 1.81. The smallest absolute Gasteiger partial charge is 0.272 e. The SMILES string of the molecule is CCC(C)Sc1ccc(NC(=O)c2cc(S(=O)(=O)N(CC)CC)cn2C)c(C)c1. The number of rotatable bonds is 9. The monoisotopic (exact) mass is 437 g/mol. The van der Waals surface area contributed by atoms with Gasteiger partial charge in [0.05, 0.1) is 0 Å². The summed E-state index contributed by atoms with van der Waals surface area (Å²) in [6.45, 7) is 10.7. The van der Waals surface area contributed by atoms with Crippen LogP contribution in [0.5, 0.6) is 0 Å². The summed E-state index contributed by atoms with van der Waals surface area (Å²) in [6.07, 6.45) is 2.58. The molecule has 0 aliphatic heterocycles. The topological polar surface area (TPSA) is 71.4 Å². The van der Waals surface area contributed by atoms with Crippen LogP contribution in [0.1, 0.15) is 50.2 Å². The van der Waals surface area contributed by atoms with E-state index in [1.54, 1.807) is 25.5 Å². The van der Waals surface area contributed by atoms with Gasteiger partial charge in [0.1, 0.15) is 10.6 Å². The molecular formula is C21H31N3O3S2. The molecule has 1 aromatic carbocycles. The molecule has 0 radical (unpaired) electrons. The minimum atomic E-state index is -3.61. The van der Waals surface area contributed by atoms with E-state index in [0.29, 0.717) is 24.0 Å². The molecule has 1 N–H and O–H groups in total. The fourth-order valence-corrected chi connectivity index (χ4v) is 5.52. The number of carbonyl (C=O) groups is 1. The number of aromatic nitrogens is 1. The highest BCUT2D eigenvalue weighted by Crippen LogP contribution is 2.29. The van der Waals surface area contributed by atoms with E-state index < -0.39 is 10.0 Å². The summed E-state index contributed by atoms with van der Waals surface area (Å²) in [5.41, 5.74) is 1.99. The summed E-state index contributed by atoms with van der Waals surface area (Å²) in [4.78, 5) is 14.1. The second-order valence-electron chi connectivity index (χ2n) is 7.03. The lowest BCUT2D eigenvalue weighted by molar-refractivity contribution is 0.101. The molecule has 1 amide bonds. The Morgan fingerprint density at radius 2 is 1.86 bits per heavy atom. The maximum absolute atomic E-state index is 12.8. The van der Waals surface area contributed by atoms with E-state index in [0.717, 1.165) is 17.7 Å². The van der Waals surface area contributed by atoms with Crippen molar-refractivity contribution in [3.05, 3.63) is 41.7 Å². The zero-order chi connectivity index (χ0) is 21.8. The Labute approximate surface area is 178 Å². The lowest BCUT2D eigenvalue weighted by atomic mass is 10.2. The minimum absolute atomic E-state index is 0.130. The summed E-state index contributed by atoms with van der Waals surface area (Å²) in [6, 6.07) is 7.40. The second kappa shape index (κ2) is 9.82. The van der Waals surface area contributed by atoms with Gasteiger partial charge in [0.15, 0.2) is 0 Å². The maximum atomic E-state index is 12.8. The van der Waals surface area contributed by atoms with Crippen LogP contribution in [0, 0.1) is 6.92 Å². The lowest BCUT2D eigenvalue weighted by Gasteiger charge is -2.17. The first-order valence-electron chi connectivity index (χ1n) is 9.89. The Kier molecular flexibility index (Phi) is 7.96. The highest BCUT2D eigenvalue weighted by molar-refractivity contribution is 7.99. The van der Waals surface area contributed by atoms with E-state index >= 15 is 0 Å². The average Bonchev–Trinajstić information content (AvgIpc) is 3.07. The van der Waals surface area contributed by atoms with Crippen LogP contribution in [0.15, 0.2) is 40.3 Å². The summed E-state index contributed by atoms with van der Waals surface area (Å²) < 4.78 is 28.4. The summed E-state index contributed by atoms with van der Waals surface area (Å²) in [5, 5.41) is 3.44. The molecular weight excluding hydrogens is 406 g/mol. The minimum Gasteiger partial charge on any atom is -0.345 e. The Balaban J connectivity index is 2.23. The van der Waals surface area contributed by atoms with Crippen molar-refractivity contribution in [2.24, 2.45) is 7.05 Å². The van der Waals surface area contributed by atoms with Crippen molar-refractivity contribution in [2.45, 2.75) is 56.1 Å². The maximum Gasteiger partial charge on any atom is 0.272 e. The Morgan fingerprint density at radius 1 is 1.21 bits per heavy atom. The number of anilines is 1. The van der Waals surface area contributed by atoms with E-state index in [2.05, 4.69) is 25.2 Å². The van der Waals surface area contributed by atoms with Gasteiger partial charge in [-0.3, -0.25) is 4.79 Å². The van der Waals surface area contributed by atoms with Crippen molar-refractivity contribution in [1.29, 1.82) is 0 Å². The Morgan fingerprint density at radius 3 is 2.41 bits per heavy atom. The molecule has 160 valence electrons. The number of carbonyl (C=O) groups excluding carboxylic acids is 1. The largest absolute Gasteiger partial charge is 0.345 e. The first-order valence-corrected chi connectivity index (χ1v) is 12.2. The predicted molar refractivity (Wildman–Crippen MR) is 120 cm³/mol. The van der Waals surface area contributed by atoms with Crippen LogP contribution >= 0.6 is 11.8 Å². The molecule has 0 aliphatic carbocycles. The van der Waals surface area contributed by atoms with Gasteiger partial charge >= 0.3 is 0 Å². The highest BCUT2D eigenvalue weighted by Gasteiger charge is 2.25. The van der Waals surface area contributed by atoms with Crippen LogP contribution in [0.2, 0.25) is 0 Å². The van der Waals surface area contributed by atoms with E-state index in [1.807, 2.05) is 30.8 Å². The van der Waals surface area contributed by atoms with Crippen LogP contribution in [0.3, 0.4) is 0 Å². The van der Waals surface area contributed by atoms with Crippen molar-refractivity contribution in [2.75, 3.05) is 18.4 Å². The fraction of sp³-hybridized carbons (Fsp3) is 0.476. The summed E-state index contributed by atoms with van der Waals surface area (Å²) in [5.74, 6) is -0.334. The third-order valence-corrected chi connectivity index (χ3v) is 8.19. The Hall–Kier alpha value is -1.77. The third kappa shape index (κ3) is 5.43. The van der Waals surface area contributed by atoms with Gasteiger partial charge in [0.25, 0.3) is 5.91 Å². The highest BCUT2D eigenvalue weighted by atomic mass is 32.2. The molecule has 2 rings (SSSR count). The molecule has 0 spiro atoms. The molecule has 1 aromatic heterocycles. The van der Waals surface area contributed by atoms with Gasteiger partial charge in [-0.05, 0) is 43.2 Å². The van der Waals surface area contributed by atoms with Gasteiger partial charge in [-0.25, -0.2) is 8.42 Å². The fourth-order valence-electron chi connectivity index (χ4n) is 2.97. The molecule has 29 heavy (non-hydrogen) atoms. The standard InChI is InChI=1S/C21H31N3O3S2/c1-7-16(5)28-17-10-11-19(15(4)12-17)22-21(25)20-13-18(14-23(20)6)29(26,27)24(8-2)9-3/h10-14,16H,7-9H2,1-6H3,(H,22,25). The van der Waals surface area contributed by atoms with E-state index in [1.165, 1.54) is 21.5 Å².